The van der Waals surface area contributed by atoms with Crippen molar-refractivity contribution in [1.82, 2.24) is 4.31 Å². The summed E-state index contributed by atoms with van der Waals surface area (Å²) >= 11 is 0. The van der Waals surface area contributed by atoms with Gasteiger partial charge >= 0.3 is 0 Å². The first-order chi connectivity index (χ1) is 8.75. The molecule has 5 heteroatoms. The van der Waals surface area contributed by atoms with Crippen LogP contribution in [-0.2, 0) is 14.8 Å². The van der Waals surface area contributed by atoms with Gasteiger partial charge in [0.15, 0.2) is 0 Å². The topological polar surface area (TPSA) is 46.6 Å². The third kappa shape index (κ3) is 2.68. The Morgan fingerprint density at radius 3 is 2.47 bits per heavy atom. The van der Waals surface area contributed by atoms with Gasteiger partial charge in [-0.1, -0.05) is 6.07 Å². The number of rotatable bonds is 2. The molecule has 0 bridgehead atoms. The molecule has 106 valence electrons. The van der Waals surface area contributed by atoms with Crippen molar-refractivity contribution >= 4 is 10.0 Å². The zero-order valence-electron chi connectivity index (χ0n) is 11.9. The molecular formula is C14H21NO3S. The van der Waals surface area contributed by atoms with E-state index in [0.29, 0.717) is 24.7 Å². The highest BCUT2D eigenvalue weighted by Crippen LogP contribution is 2.28. The van der Waals surface area contributed by atoms with E-state index >= 15 is 0 Å². The predicted molar refractivity (Wildman–Crippen MR) is 74.7 cm³/mol. The summed E-state index contributed by atoms with van der Waals surface area (Å²) in [6, 6.07) is 5.29. The second kappa shape index (κ2) is 4.89. The number of nitrogens with zero attached hydrogens (tertiary/aromatic N) is 1. The maximum Gasteiger partial charge on any atom is 0.243 e. The molecule has 1 heterocycles. The molecule has 0 aromatic heterocycles. The Bertz CT molecular complexity index is 578. The van der Waals surface area contributed by atoms with Gasteiger partial charge in [-0.25, -0.2) is 8.42 Å². The van der Waals surface area contributed by atoms with E-state index in [1.807, 2.05) is 33.8 Å². The van der Waals surface area contributed by atoms with Crippen molar-refractivity contribution in [1.29, 1.82) is 0 Å². The van der Waals surface area contributed by atoms with Crippen molar-refractivity contribution in [2.45, 2.75) is 38.1 Å². The van der Waals surface area contributed by atoms with Crippen LogP contribution in [0.3, 0.4) is 0 Å². The van der Waals surface area contributed by atoms with E-state index in [-0.39, 0.29) is 0 Å². The lowest BCUT2D eigenvalue weighted by Crippen LogP contribution is -2.55. The molecule has 4 nitrogen and oxygen atoms in total. The Hall–Kier alpha value is -0.910. The second-order valence-electron chi connectivity index (χ2n) is 5.69. The lowest BCUT2D eigenvalue weighted by Gasteiger charge is -2.40. The van der Waals surface area contributed by atoms with Crippen molar-refractivity contribution in [2.24, 2.45) is 0 Å². The fourth-order valence-electron chi connectivity index (χ4n) is 2.29. The van der Waals surface area contributed by atoms with Gasteiger partial charge in [-0.2, -0.15) is 4.31 Å². The monoisotopic (exact) mass is 283 g/mol. The van der Waals surface area contributed by atoms with Gasteiger partial charge in [-0.05, 0) is 51.0 Å². The third-order valence-electron chi connectivity index (χ3n) is 3.64. The van der Waals surface area contributed by atoms with Crippen LogP contribution >= 0.6 is 0 Å². The van der Waals surface area contributed by atoms with Gasteiger partial charge in [0.1, 0.15) is 0 Å². The molecule has 0 N–H and O–H groups in total. The molecule has 1 aromatic rings. The summed E-state index contributed by atoms with van der Waals surface area (Å²) in [6.07, 6.45) is 0. The molecule has 0 atom stereocenters. The van der Waals surface area contributed by atoms with Crippen molar-refractivity contribution < 1.29 is 13.2 Å². The predicted octanol–water partition coefficient (Wildman–Crippen LogP) is 2.10. The van der Waals surface area contributed by atoms with E-state index in [9.17, 15) is 8.42 Å². The molecule has 0 spiro atoms. The molecule has 1 saturated heterocycles. The van der Waals surface area contributed by atoms with Gasteiger partial charge in [-0.3, -0.25) is 0 Å². The maximum absolute atomic E-state index is 12.7. The summed E-state index contributed by atoms with van der Waals surface area (Å²) in [5, 5.41) is 0. The van der Waals surface area contributed by atoms with Gasteiger partial charge in [0, 0.05) is 6.54 Å². The first kappa shape index (κ1) is 14.5. The van der Waals surface area contributed by atoms with Crippen molar-refractivity contribution in [3.05, 3.63) is 29.3 Å². The quantitative estimate of drug-likeness (QED) is 0.835. The number of ether oxygens (including phenoxy) is 1. The molecule has 2 rings (SSSR count). The van der Waals surface area contributed by atoms with Crippen LogP contribution < -0.4 is 0 Å². The van der Waals surface area contributed by atoms with E-state index in [1.54, 1.807) is 16.4 Å². The number of benzene rings is 1. The number of aryl methyl sites for hydroxylation is 2. The smallest absolute Gasteiger partial charge is 0.243 e. The summed E-state index contributed by atoms with van der Waals surface area (Å²) in [6.45, 7) is 8.98. The minimum atomic E-state index is -3.46. The zero-order valence-corrected chi connectivity index (χ0v) is 12.8. The van der Waals surface area contributed by atoms with Crippen LogP contribution in [0.5, 0.6) is 0 Å². The minimum Gasteiger partial charge on any atom is -0.378 e. The average molecular weight is 283 g/mol. The van der Waals surface area contributed by atoms with E-state index in [1.165, 1.54) is 0 Å². The minimum absolute atomic E-state index is 0.366. The molecule has 1 aliphatic heterocycles. The van der Waals surface area contributed by atoms with Gasteiger partial charge in [-0.15, -0.1) is 0 Å². The van der Waals surface area contributed by atoms with Crippen molar-refractivity contribution in [3.8, 4) is 0 Å². The molecule has 0 amide bonds. The molecule has 1 aliphatic rings. The molecule has 1 aromatic carbocycles. The van der Waals surface area contributed by atoms with Crippen LogP contribution in [-0.4, -0.2) is 38.0 Å². The second-order valence-corrected chi connectivity index (χ2v) is 7.55. The number of hydrogen-bond donors (Lipinski definition) is 0. The summed E-state index contributed by atoms with van der Waals surface area (Å²) in [5.74, 6) is 0. The van der Waals surface area contributed by atoms with Crippen LogP contribution in [0.2, 0.25) is 0 Å². The molecule has 19 heavy (non-hydrogen) atoms. The lowest BCUT2D eigenvalue weighted by molar-refractivity contribution is -0.00771. The summed E-state index contributed by atoms with van der Waals surface area (Å²) in [7, 11) is -3.46. The first-order valence-corrected chi connectivity index (χ1v) is 7.87. The van der Waals surface area contributed by atoms with Gasteiger partial charge in [0.2, 0.25) is 10.0 Å². The number of hydrogen-bond acceptors (Lipinski definition) is 3. The Morgan fingerprint density at radius 2 is 1.89 bits per heavy atom. The van der Waals surface area contributed by atoms with Crippen LogP contribution in [0.15, 0.2) is 23.1 Å². The van der Waals surface area contributed by atoms with E-state index in [0.717, 1.165) is 11.1 Å². The number of morpholine rings is 1. The van der Waals surface area contributed by atoms with Crippen LogP contribution in [0.25, 0.3) is 0 Å². The fourth-order valence-corrected chi connectivity index (χ4v) is 4.13. The Labute approximate surface area is 115 Å². The largest absolute Gasteiger partial charge is 0.378 e. The van der Waals surface area contributed by atoms with E-state index < -0.39 is 15.6 Å². The van der Waals surface area contributed by atoms with Crippen LogP contribution in [0, 0.1) is 13.8 Å². The van der Waals surface area contributed by atoms with Crippen LogP contribution in [0.4, 0.5) is 0 Å². The number of sulfonamides is 1. The van der Waals surface area contributed by atoms with E-state index in [4.69, 9.17) is 4.74 Å². The fraction of sp³-hybridized carbons (Fsp3) is 0.571. The van der Waals surface area contributed by atoms with Crippen molar-refractivity contribution in [3.63, 3.8) is 0 Å². The highest BCUT2D eigenvalue weighted by molar-refractivity contribution is 7.89. The molecular weight excluding hydrogens is 262 g/mol. The Kier molecular flexibility index (Phi) is 3.73. The summed E-state index contributed by atoms with van der Waals surface area (Å²) in [5.41, 5.74) is 1.59. The lowest BCUT2D eigenvalue weighted by atomic mass is 10.1. The van der Waals surface area contributed by atoms with E-state index in [2.05, 4.69) is 0 Å². The Morgan fingerprint density at radius 1 is 1.21 bits per heavy atom. The third-order valence-corrected chi connectivity index (χ3v) is 5.74. The molecule has 0 aliphatic carbocycles. The highest BCUT2D eigenvalue weighted by atomic mass is 32.2. The van der Waals surface area contributed by atoms with Crippen LogP contribution in [0.1, 0.15) is 25.0 Å². The summed E-state index contributed by atoms with van der Waals surface area (Å²) < 4.78 is 32.4. The first-order valence-electron chi connectivity index (χ1n) is 6.43. The summed E-state index contributed by atoms with van der Waals surface area (Å²) in [4.78, 5) is 0.366. The molecule has 0 saturated carbocycles. The normalized spacial score (nSPS) is 20.4. The molecule has 1 fully saturated rings. The zero-order chi connectivity index (χ0) is 14.3. The SMILES string of the molecule is Cc1ccc(S(=O)(=O)N2CCOCC2(C)C)cc1C. The highest BCUT2D eigenvalue weighted by Gasteiger charge is 2.39. The Balaban J connectivity index is 2.44. The average Bonchev–Trinajstić information content (AvgIpc) is 2.31. The van der Waals surface area contributed by atoms with Gasteiger partial charge < -0.3 is 4.74 Å². The standard InChI is InChI=1S/C14H21NO3S/c1-11-5-6-13(9-12(11)2)19(16,17)15-7-8-18-10-14(15,3)4/h5-6,9H,7-8,10H2,1-4H3. The van der Waals surface area contributed by atoms with Gasteiger partial charge in [0.05, 0.1) is 23.6 Å². The van der Waals surface area contributed by atoms with Gasteiger partial charge in [0.25, 0.3) is 0 Å². The maximum atomic E-state index is 12.7. The molecule has 0 unspecified atom stereocenters. The van der Waals surface area contributed by atoms with Crippen molar-refractivity contribution in [2.75, 3.05) is 19.8 Å². The molecule has 0 radical (unpaired) electrons.